The van der Waals surface area contributed by atoms with E-state index in [1.807, 2.05) is 43.3 Å². The molecule has 1 aromatic rings. The zero-order valence-corrected chi connectivity index (χ0v) is 12.8. The highest BCUT2D eigenvalue weighted by Crippen LogP contribution is 2.06. The van der Waals surface area contributed by atoms with Crippen LogP contribution in [0.25, 0.3) is 6.08 Å². The largest absolute Gasteiger partial charge is 0.480 e. The average molecular weight is 304 g/mol. The molecule has 1 atom stereocenters. The van der Waals surface area contributed by atoms with E-state index in [0.29, 0.717) is 19.4 Å². The fourth-order valence-electron chi connectivity index (χ4n) is 1.63. The van der Waals surface area contributed by atoms with Crippen LogP contribution >= 0.6 is 0 Å². The molecule has 0 bridgehead atoms. The van der Waals surface area contributed by atoms with Gasteiger partial charge in [-0.1, -0.05) is 36.4 Å². The Hall–Kier alpha value is -2.47. The molecule has 1 aromatic carbocycles. The van der Waals surface area contributed by atoms with E-state index >= 15 is 0 Å². The second kappa shape index (κ2) is 12.3. The first-order valence-electron chi connectivity index (χ1n) is 6.95. The van der Waals surface area contributed by atoms with Gasteiger partial charge in [0.15, 0.2) is 0 Å². The van der Waals surface area contributed by atoms with Crippen LogP contribution in [0, 0.1) is 5.41 Å². The van der Waals surface area contributed by atoms with E-state index in [1.54, 1.807) is 6.21 Å². The molecule has 1 rings (SSSR count). The molecule has 6 nitrogen and oxygen atoms in total. The molecule has 0 aliphatic rings. The van der Waals surface area contributed by atoms with Crippen molar-refractivity contribution in [2.75, 3.05) is 6.54 Å². The second-order valence-corrected chi connectivity index (χ2v) is 4.53. The van der Waals surface area contributed by atoms with Gasteiger partial charge in [-0.2, -0.15) is 0 Å². The minimum atomic E-state index is -0.905. The van der Waals surface area contributed by atoms with Crippen LogP contribution in [-0.4, -0.2) is 36.2 Å². The Bertz CT molecular complexity index is 498. The topological polar surface area (TPSA) is 126 Å². The number of hydrogen-bond donors (Lipinski definition) is 4. The lowest BCUT2D eigenvalue weighted by molar-refractivity contribution is -0.138. The lowest BCUT2D eigenvalue weighted by Gasteiger charge is -2.05. The third-order valence-electron chi connectivity index (χ3n) is 2.62. The van der Waals surface area contributed by atoms with Gasteiger partial charge in [0.05, 0.1) is 6.34 Å². The molecule has 0 aliphatic carbocycles. The molecule has 6 N–H and O–H groups in total. The average Bonchev–Trinajstić information content (AvgIpc) is 2.48. The van der Waals surface area contributed by atoms with Gasteiger partial charge in [-0.25, -0.2) is 4.79 Å². The van der Waals surface area contributed by atoms with Gasteiger partial charge in [-0.3, -0.25) is 10.4 Å². The van der Waals surface area contributed by atoms with E-state index in [1.165, 1.54) is 0 Å². The lowest BCUT2D eigenvalue weighted by atomic mass is 10.1. The first-order valence-corrected chi connectivity index (χ1v) is 6.95. The van der Waals surface area contributed by atoms with Crippen molar-refractivity contribution in [1.82, 2.24) is 0 Å². The molecule has 0 amide bonds. The highest BCUT2D eigenvalue weighted by Gasteiger charge is 2.13. The zero-order valence-electron chi connectivity index (χ0n) is 12.8. The van der Waals surface area contributed by atoms with Gasteiger partial charge in [-0.15, -0.1) is 0 Å². The number of benzene rings is 1. The number of allylic oxidation sites excluding steroid dienone is 1. The number of hydrogen-bond acceptors (Lipinski definition) is 4. The van der Waals surface area contributed by atoms with Crippen molar-refractivity contribution in [2.45, 2.75) is 25.8 Å². The van der Waals surface area contributed by atoms with Crippen LogP contribution in [0.3, 0.4) is 0 Å². The maximum Gasteiger partial charge on any atom is 0.328 e. The molecule has 0 spiro atoms. The fourth-order valence-corrected chi connectivity index (χ4v) is 1.63. The summed E-state index contributed by atoms with van der Waals surface area (Å²) in [5.74, 6) is -0.905. The smallest absolute Gasteiger partial charge is 0.328 e. The first-order chi connectivity index (χ1) is 10.5. The number of nitrogens with one attached hydrogen (secondary N) is 1. The molecule has 0 heterocycles. The molecular formula is C16H24N4O2. The Morgan fingerprint density at radius 3 is 2.50 bits per heavy atom. The van der Waals surface area contributed by atoms with Crippen LogP contribution in [0.4, 0.5) is 0 Å². The predicted octanol–water partition coefficient (Wildman–Crippen LogP) is 1.90. The van der Waals surface area contributed by atoms with E-state index < -0.39 is 12.0 Å². The standard InChI is InChI=1S/C15H20N2O2.CH4N2/c1-12(10-13-6-3-2-4-7-13)11-17-14(15(18)19)8-5-9-16;2-1-3/h2-4,6-7,10-11,14H,5,8-9,16H2,1H3,(H,18,19);1H,(H3,2,3)/b12-10+,17-11?;. The Balaban J connectivity index is 0.00000135. The summed E-state index contributed by atoms with van der Waals surface area (Å²) in [6.45, 7) is 2.39. The van der Waals surface area contributed by atoms with E-state index in [4.69, 9.17) is 16.2 Å². The van der Waals surface area contributed by atoms with Crippen molar-refractivity contribution in [3.63, 3.8) is 0 Å². The van der Waals surface area contributed by atoms with Crippen molar-refractivity contribution in [3.05, 3.63) is 41.5 Å². The summed E-state index contributed by atoms with van der Waals surface area (Å²) in [5.41, 5.74) is 11.8. The van der Waals surface area contributed by atoms with E-state index in [0.717, 1.165) is 17.5 Å². The summed E-state index contributed by atoms with van der Waals surface area (Å²) >= 11 is 0. The third kappa shape index (κ3) is 9.44. The van der Waals surface area contributed by atoms with Gasteiger partial charge in [-0.05, 0) is 37.4 Å². The molecule has 22 heavy (non-hydrogen) atoms. The maximum atomic E-state index is 11.0. The number of carboxylic acids is 1. The SMILES string of the molecule is C/C(C=NC(CCCN)C(=O)O)=C\c1ccccc1.N=CN. The molecule has 0 radical (unpaired) electrons. The lowest BCUT2D eigenvalue weighted by Crippen LogP contribution is -2.19. The number of carbonyl (C=O) groups is 1. The van der Waals surface area contributed by atoms with E-state index in [2.05, 4.69) is 10.7 Å². The number of aliphatic imine (C=N–C) groups is 1. The minimum Gasteiger partial charge on any atom is -0.480 e. The van der Waals surface area contributed by atoms with Crippen LogP contribution in [0.5, 0.6) is 0 Å². The molecule has 0 aromatic heterocycles. The van der Waals surface area contributed by atoms with Crippen molar-refractivity contribution in [3.8, 4) is 0 Å². The van der Waals surface area contributed by atoms with Gasteiger partial charge in [0.25, 0.3) is 0 Å². The minimum absolute atomic E-state index is 0.473. The number of aliphatic carboxylic acids is 1. The maximum absolute atomic E-state index is 11.0. The van der Waals surface area contributed by atoms with E-state index in [-0.39, 0.29) is 0 Å². The molecule has 0 aliphatic heterocycles. The monoisotopic (exact) mass is 304 g/mol. The van der Waals surface area contributed by atoms with Crippen LogP contribution in [0.2, 0.25) is 0 Å². The molecular weight excluding hydrogens is 280 g/mol. The third-order valence-corrected chi connectivity index (χ3v) is 2.62. The highest BCUT2D eigenvalue weighted by molar-refractivity contribution is 5.87. The van der Waals surface area contributed by atoms with Gasteiger partial charge in [0.2, 0.25) is 0 Å². The first kappa shape index (κ1) is 19.5. The van der Waals surface area contributed by atoms with Crippen molar-refractivity contribution in [2.24, 2.45) is 16.5 Å². The number of nitrogens with two attached hydrogens (primary N) is 2. The molecule has 120 valence electrons. The van der Waals surface area contributed by atoms with Crippen LogP contribution in [0.15, 0.2) is 40.9 Å². The Kier molecular flexibility index (Phi) is 10.9. The summed E-state index contributed by atoms with van der Waals surface area (Å²) in [5, 5.41) is 14.9. The molecule has 0 saturated carbocycles. The van der Waals surface area contributed by atoms with E-state index in [9.17, 15) is 4.79 Å². The summed E-state index contributed by atoms with van der Waals surface area (Å²) in [7, 11) is 0. The van der Waals surface area contributed by atoms with Crippen molar-refractivity contribution < 1.29 is 9.90 Å². The van der Waals surface area contributed by atoms with Crippen molar-refractivity contribution in [1.29, 1.82) is 5.41 Å². The van der Waals surface area contributed by atoms with Gasteiger partial charge in [0, 0.05) is 6.21 Å². The highest BCUT2D eigenvalue weighted by atomic mass is 16.4. The van der Waals surface area contributed by atoms with Gasteiger partial charge >= 0.3 is 5.97 Å². The number of rotatable bonds is 7. The molecule has 6 heteroatoms. The van der Waals surface area contributed by atoms with Gasteiger partial charge < -0.3 is 16.6 Å². The molecule has 1 unspecified atom stereocenters. The Labute approximate surface area is 131 Å². The normalized spacial score (nSPS) is 12.4. The summed E-state index contributed by atoms with van der Waals surface area (Å²) < 4.78 is 0. The second-order valence-electron chi connectivity index (χ2n) is 4.53. The number of carboxylic acid groups (broad SMARTS) is 1. The van der Waals surface area contributed by atoms with Crippen LogP contribution < -0.4 is 11.5 Å². The fraction of sp³-hybridized carbons (Fsp3) is 0.312. The summed E-state index contributed by atoms with van der Waals surface area (Å²) in [6, 6.07) is 9.13. The zero-order chi connectivity index (χ0) is 16.8. The van der Waals surface area contributed by atoms with Crippen LogP contribution in [0.1, 0.15) is 25.3 Å². The van der Waals surface area contributed by atoms with Gasteiger partial charge in [0.1, 0.15) is 6.04 Å². The molecule has 0 saturated heterocycles. The molecule has 0 fully saturated rings. The number of nitrogens with zero attached hydrogens (tertiary/aromatic N) is 1. The summed E-state index contributed by atoms with van der Waals surface area (Å²) in [4.78, 5) is 15.1. The Morgan fingerprint density at radius 2 is 2.00 bits per heavy atom. The quantitative estimate of drug-likeness (QED) is 0.453. The van der Waals surface area contributed by atoms with Crippen LogP contribution in [-0.2, 0) is 4.79 Å². The van der Waals surface area contributed by atoms with Crippen molar-refractivity contribution >= 4 is 24.6 Å². The Morgan fingerprint density at radius 1 is 1.41 bits per heavy atom. The summed E-state index contributed by atoms with van der Waals surface area (Å²) in [6.07, 6.45) is 5.46. The predicted molar refractivity (Wildman–Crippen MR) is 91.3 cm³/mol.